The zero-order valence-electron chi connectivity index (χ0n) is 7.49. The number of hydrogen-bond donors (Lipinski definition) is 1. The Labute approximate surface area is 79.5 Å². The lowest BCUT2D eigenvalue weighted by molar-refractivity contribution is 0.425. The lowest BCUT2D eigenvalue weighted by atomic mass is 10.2. The first-order valence-electron chi connectivity index (χ1n) is 4.02. The zero-order chi connectivity index (χ0) is 10.1. The van der Waals surface area contributed by atoms with Crippen molar-refractivity contribution in [2.75, 3.05) is 5.73 Å². The summed E-state index contributed by atoms with van der Waals surface area (Å²) in [4.78, 5) is 3.96. The fraction of sp³-hybridized carbons (Fsp3) is 0.111. The second-order valence-electron chi connectivity index (χ2n) is 2.88. The summed E-state index contributed by atoms with van der Waals surface area (Å²) in [7, 11) is 0. The lowest BCUT2D eigenvalue weighted by Gasteiger charge is -1.99. The van der Waals surface area contributed by atoms with E-state index in [2.05, 4.69) is 10.1 Å². The van der Waals surface area contributed by atoms with Crippen LogP contribution in [-0.4, -0.2) is 10.1 Å². The van der Waals surface area contributed by atoms with Crippen LogP contribution in [-0.2, 0) is 0 Å². The van der Waals surface area contributed by atoms with Gasteiger partial charge in [0.05, 0.1) is 5.56 Å². The molecule has 14 heavy (non-hydrogen) atoms. The first kappa shape index (κ1) is 8.68. The van der Waals surface area contributed by atoms with Gasteiger partial charge in [-0.15, -0.1) is 0 Å². The highest BCUT2D eigenvalue weighted by atomic mass is 19.1. The summed E-state index contributed by atoms with van der Waals surface area (Å²) in [6.07, 6.45) is 0. The molecule has 0 aliphatic carbocycles. The molecule has 1 aromatic heterocycles. The molecule has 0 fully saturated rings. The highest BCUT2D eigenvalue weighted by Crippen LogP contribution is 2.24. The second kappa shape index (κ2) is 3.10. The molecule has 0 unspecified atom stereocenters. The van der Waals surface area contributed by atoms with Crippen LogP contribution in [0.5, 0.6) is 0 Å². The van der Waals surface area contributed by atoms with Crippen LogP contribution in [0, 0.1) is 12.7 Å². The molecule has 0 radical (unpaired) electrons. The predicted molar refractivity (Wildman–Crippen MR) is 48.8 cm³/mol. The Balaban J connectivity index is 2.55. The molecule has 1 heterocycles. The van der Waals surface area contributed by atoms with Gasteiger partial charge in [0.25, 0.3) is 5.89 Å². The van der Waals surface area contributed by atoms with Gasteiger partial charge < -0.3 is 10.3 Å². The maximum atomic E-state index is 12.9. The Kier molecular flexibility index (Phi) is 1.92. The molecule has 0 saturated carbocycles. The third kappa shape index (κ3) is 1.44. The number of anilines is 1. The van der Waals surface area contributed by atoms with E-state index in [1.807, 2.05) is 0 Å². The molecule has 1 aromatic carbocycles. The Morgan fingerprint density at radius 1 is 1.43 bits per heavy atom. The van der Waals surface area contributed by atoms with Gasteiger partial charge in [-0.05, 0) is 25.1 Å². The van der Waals surface area contributed by atoms with Gasteiger partial charge in [0.1, 0.15) is 5.82 Å². The molecule has 0 spiro atoms. The summed E-state index contributed by atoms with van der Waals surface area (Å²) in [6, 6.07) is 4.01. The maximum Gasteiger partial charge on any atom is 0.260 e. The van der Waals surface area contributed by atoms with Crippen molar-refractivity contribution in [3.8, 4) is 11.5 Å². The molecular formula is C9H8FN3O. The van der Waals surface area contributed by atoms with E-state index >= 15 is 0 Å². The Morgan fingerprint density at radius 3 is 2.86 bits per heavy atom. The Morgan fingerprint density at radius 2 is 2.21 bits per heavy atom. The van der Waals surface area contributed by atoms with Crippen molar-refractivity contribution in [3.05, 3.63) is 29.8 Å². The van der Waals surface area contributed by atoms with Crippen LogP contribution in [0.25, 0.3) is 11.5 Å². The number of aromatic nitrogens is 2. The number of rotatable bonds is 1. The van der Waals surface area contributed by atoms with Gasteiger partial charge in [-0.25, -0.2) is 4.39 Å². The van der Waals surface area contributed by atoms with E-state index in [4.69, 9.17) is 10.3 Å². The molecule has 0 bridgehead atoms. The van der Waals surface area contributed by atoms with Crippen LogP contribution in [0.3, 0.4) is 0 Å². The summed E-state index contributed by atoms with van der Waals surface area (Å²) in [5, 5.41) is 3.60. The molecule has 4 nitrogen and oxygen atoms in total. The highest BCUT2D eigenvalue weighted by Gasteiger charge is 2.10. The fourth-order valence-corrected chi connectivity index (χ4v) is 1.12. The van der Waals surface area contributed by atoms with Gasteiger partial charge in [-0.3, -0.25) is 0 Å². The van der Waals surface area contributed by atoms with Crippen molar-refractivity contribution in [3.63, 3.8) is 0 Å². The standard InChI is InChI=1S/C9H8FN3O/c1-5-12-9(14-13-5)7-4-6(10)2-3-8(7)11/h2-4H,11H2,1H3. The number of nitrogens with two attached hydrogens (primary N) is 1. The predicted octanol–water partition coefficient (Wildman–Crippen LogP) is 1.77. The molecule has 2 rings (SSSR count). The minimum absolute atomic E-state index is 0.236. The van der Waals surface area contributed by atoms with Crippen molar-refractivity contribution in [2.24, 2.45) is 0 Å². The number of nitrogens with zero attached hydrogens (tertiary/aromatic N) is 2. The van der Waals surface area contributed by atoms with E-state index in [-0.39, 0.29) is 11.7 Å². The lowest BCUT2D eigenvalue weighted by Crippen LogP contribution is -1.91. The molecule has 0 aliphatic heterocycles. The van der Waals surface area contributed by atoms with Crippen LogP contribution in [0.1, 0.15) is 5.82 Å². The minimum atomic E-state index is -0.384. The van der Waals surface area contributed by atoms with Crippen LogP contribution < -0.4 is 5.73 Å². The third-order valence-corrected chi connectivity index (χ3v) is 1.77. The molecule has 2 aromatic rings. The third-order valence-electron chi connectivity index (χ3n) is 1.77. The number of hydrogen-bond acceptors (Lipinski definition) is 4. The second-order valence-corrected chi connectivity index (χ2v) is 2.88. The van der Waals surface area contributed by atoms with E-state index in [9.17, 15) is 4.39 Å². The first-order chi connectivity index (χ1) is 6.66. The van der Waals surface area contributed by atoms with Crippen molar-refractivity contribution in [1.29, 1.82) is 0 Å². The SMILES string of the molecule is Cc1noc(-c2cc(F)ccc2N)n1. The average molecular weight is 193 g/mol. The van der Waals surface area contributed by atoms with Gasteiger partial charge in [-0.2, -0.15) is 4.98 Å². The van der Waals surface area contributed by atoms with Crippen molar-refractivity contribution in [2.45, 2.75) is 6.92 Å². The van der Waals surface area contributed by atoms with Crippen LogP contribution >= 0.6 is 0 Å². The first-order valence-corrected chi connectivity index (χ1v) is 4.02. The van der Waals surface area contributed by atoms with Gasteiger partial charge in [0, 0.05) is 5.69 Å². The fourth-order valence-electron chi connectivity index (χ4n) is 1.12. The van der Waals surface area contributed by atoms with E-state index in [0.29, 0.717) is 17.1 Å². The summed E-state index contributed by atoms with van der Waals surface area (Å²) in [5.74, 6) is 0.341. The Hall–Kier alpha value is -1.91. The number of halogens is 1. The van der Waals surface area contributed by atoms with E-state index in [0.717, 1.165) is 0 Å². The monoisotopic (exact) mass is 193 g/mol. The quantitative estimate of drug-likeness (QED) is 0.701. The largest absolute Gasteiger partial charge is 0.398 e. The number of nitrogen functional groups attached to an aromatic ring is 1. The normalized spacial score (nSPS) is 10.4. The zero-order valence-corrected chi connectivity index (χ0v) is 7.49. The van der Waals surface area contributed by atoms with Gasteiger partial charge in [-0.1, -0.05) is 5.16 Å². The summed E-state index contributed by atoms with van der Waals surface area (Å²) in [5.41, 5.74) is 6.47. The van der Waals surface area contributed by atoms with Crippen LogP contribution in [0.15, 0.2) is 22.7 Å². The molecule has 72 valence electrons. The molecule has 2 N–H and O–H groups in total. The molecule has 0 saturated heterocycles. The smallest absolute Gasteiger partial charge is 0.260 e. The maximum absolute atomic E-state index is 12.9. The summed E-state index contributed by atoms with van der Waals surface area (Å²) < 4.78 is 17.8. The topological polar surface area (TPSA) is 64.9 Å². The molecule has 0 aliphatic rings. The highest BCUT2D eigenvalue weighted by molar-refractivity contribution is 5.70. The van der Waals surface area contributed by atoms with Gasteiger partial charge in [0.15, 0.2) is 5.82 Å². The number of benzene rings is 1. The number of aryl methyl sites for hydroxylation is 1. The molecule has 0 atom stereocenters. The molecular weight excluding hydrogens is 185 g/mol. The molecule has 0 amide bonds. The van der Waals surface area contributed by atoms with E-state index < -0.39 is 0 Å². The van der Waals surface area contributed by atoms with E-state index in [1.165, 1.54) is 18.2 Å². The average Bonchev–Trinajstić information content (AvgIpc) is 2.56. The van der Waals surface area contributed by atoms with E-state index in [1.54, 1.807) is 6.92 Å². The summed E-state index contributed by atoms with van der Waals surface area (Å²) >= 11 is 0. The van der Waals surface area contributed by atoms with Crippen LogP contribution in [0.2, 0.25) is 0 Å². The molecule has 5 heteroatoms. The van der Waals surface area contributed by atoms with Crippen molar-refractivity contribution in [1.82, 2.24) is 10.1 Å². The van der Waals surface area contributed by atoms with Crippen molar-refractivity contribution < 1.29 is 8.91 Å². The minimum Gasteiger partial charge on any atom is -0.398 e. The van der Waals surface area contributed by atoms with Gasteiger partial charge >= 0.3 is 0 Å². The van der Waals surface area contributed by atoms with Crippen LogP contribution in [0.4, 0.5) is 10.1 Å². The van der Waals surface area contributed by atoms with Gasteiger partial charge in [0.2, 0.25) is 0 Å². The summed E-state index contributed by atoms with van der Waals surface area (Å²) in [6.45, 7) is 1.68. The van der Waals surface area contributed by atoms with Crippen molar-refractivity contribution >= 4 is 5.69 Å². The Bertz CT molecular complexity index is 467.